The van der Waals surface area contributed by atoms with Crippen LogP contribution in [0.2, 0.25) is 0 Å². The van der Waals surface area contributed by atoms with Crippen molar-refractivity contribution in [2.45, 2.75) is 37.8 Å². The molecule has 0 amide bonds. The summed E-state index contributed by atoms with van der Waals surface area (Å²) in [7, 11) is -3.45. The lowest BCUT2D eigenvalue weighted by molar-refractivity contribution is 0.0721. The molecule has 0 unspecified atom stereocenters. The predicted molar refractivity (Wildman–Crippen MR) is 84.2 cm³/mol. The molecule has 0 atom stereocenters. The fraction of sp³-hybridized carbons (Fsp3) is 0.714. The van der Waals surface area contributed by atoms with Gasteiger partial charge in [-0.3, -0.25) is 4.79 Å². The van der Waals surface area contributed by atoms with Crippen molar-refractivity contribution >= 4 is 10.2 Å². The van der Waals surface area contributed by atoms with E-state index in [4.69, 9.17) is 4.74 Å². The van der Waals surface area contributed by atoms with Gasteiger partial charge in [0.15, 0.2) is 0 Å². The van der Waals surface area contributed by atoms with Crippen molar-refractivity contribution < 1.29 is 13.2 Å². The Hall–Kier alpha value is -1.29. The molecule has 0 radical (unpaired) electrons. The number of nitrogens with one attached hydrogen (secondary N) is 1. The molecule has 8 nitrogen and oxygen atoms in total. The Balaban J connectivity index is 1.57. The second kappa shape index (κ2) is 7.08. The Kier molecular flexibility index (Phi) is 5.10. The summed E-state index contributed by atoms with van der Waals surface area (Å²) < 4.78 is 35.6. The van der Waals surface area contributed by atoms with E-state index >= 15 is 0 Å². The number of rotatable bonds is 4. The van der Waals surface area contributed by atoms with Gasteiger partial charge in [-0.15, -0.1) is 0 Å². The van der Waals surface area contributed by atoms with Crippen LogP contribution in [0.25, 0.3) is 0 Å². The van der Waals surface area contributed by atoms with Gasteiger partial charge in [0.2, 0.25) is 0 Å². The van der Waals surface area contributed by atoms with Crippen LogP contribution >= 0.6 is 0 Å². The molecule has 128 valence electrons. The smallest absolute Gasteiger partial charge is 0.279 e. The summed E-state index contributed by atoms with van der Waals surface area (Å²) >= 11 is 0. The summed E-state index contributed by atoms with van der Waals surface area (Å²) in [6.45, 7) is 1.68. The van der Waals surface area contributed by atoms with Crippen molar-refractivity contribution in [2.24, 2.45) is 0 Å². The molecule has 1 aromatic rings. The Labute approximate surface area is 135 Å². The zero-order chi connectivity index (χ0) is 16.3. The van der Waals surface area contributed by atoms with Crippen molar-refractivity contribution in [3.63, 3.8) is 0 Å². The summed E-state index contributed by atoms with van der Waals surface area (Å²) in [4.78, 5) is 11.8. The highest BCUT2D eigenvalue weighted by molar-refractivity contribution is 7.87. The number of hydrogen-bond acceptors (Lipinski definition) is 5. The van der Waals surface area contributed by atoms with Gasteiger partial charge in [0.25, 0.3) is 15.8 Å². The van der Waals surface area contributed by atoms with Gasteiger partial charge in [-0.25, -0.2) is 4.68 Å². The molecule has 2 aliphatic rings. The molecule has 2 heterocycles. The number of nitrogens with zero attached hydrogens (tertiary/aromatic N) is 3. The standard InChI is InChI=1S/C14H22N4O4S/c19-14-2-1-7-15-18(14)13-5-3-12(4-6-13)16-23(20,21)17-8-10-22-11-9-17/h1-2,7,12-13,16H,3-6,8-11H2. The third-order valence-electron chi connectivity index (χ3n) is 4.41. The van der Waals surface area contributed by atoms with Crippen LogP contribution in [-0.2, 0) is 14.9 Å². The van der Waals surface area contributed by atoms with Crippen LogP contribution in [0, 0.1) is 0 Å². The van der Waals surface area contributed by atoms with Gasteiger partial charge in [0.1, 0.15) is 0 Å². The van der Waals surface area contributed by atoms with Gasteiger partial charge < -0.3 is 4.74 Å². The van der Waals surface area contributed by atoms with E-state index in [-0.39, 0.29) is 17.6 Å². The maximum atomic E-state index is 12.4. The molecule has 0 spiro atoms. The molecular formula is C14H22N4O4S. The average Bonchev–Trinajstić information content (AvgIpc) is 2.57. The van der Waals surface area contributed by atoms with Crippen LogP contribution in [0.4, 0.5) is 0 Å². The molecule has 1 aliphatic carbocycles. The lowest BCUT2D eigenvalue weighted by Crippen LogP contribution is -2.50. The molecule has 1 aliphatic heterocycles. The molecule has 1 saturated carbocycles. The number of aromatic nitrogens is 2. The molecule has 0 aromatic carbocycles. The van der Waals surface area contributed by atoms with Crippen molar-refractivity contribution in [1.82, 2.24) is 18.8 Å². The topological polar surface area (TPSA) is 93.5 Å². The minimum Gasteiger partial charge on any atom is -0.379 e. The monoisotopic (exact) mass is 342 g/mol. The normalized spacial score (nSPS) is 27.0. The fourth-order valence-electron chi connectivity index (χ4n) is 3.15. The third-order valence-corrected chi connectivity index (χ3v) is 6.09. The Morgan fingerprint density at radius 2 is 1.87 bits per heavy atom. The largest absolute Gasteiger partial charge is 0.379 e. The van der Waals surface area contributed by atoms with Gasteiger partial charge in [0.05, 0.1) is 19.3 Å². The van der Waals surface area contributed by atoms with E-state index in [0.717, 1.165) is 12.8 Å². The average molecular weight is 342 g/mol. The van der Waals surface area contributed by atoms with E-state index in [1.807, 2.05) is 0 Å². The highest BCUT2D eigenvalue weighted by Gasteiger charge is 2.30. The molecule has 1 N–H and O–H groups in total. The van der Waals surface area contributed by atoms with Gasteiger partial charge >= 0.3 is 0 Å². The third kappa shape index (κ3) is 3.97. The first-order chi connectivity index (χ1) is 11.1. The van der Waals surface area contributed by atoms with Crippen LogP contribution in [0.5, 0.6) is 0 Å². The maximum absolute atomic E-state index is 12.4. The van der Waals surface area contributed by atoms with E-state index in [1.165, 1.54) is 15.1 Å². The van der Waals surface area contributed by atoms with E-state index < -0.39 is 10.2 Å². The highest BCUT2D eigenvalue weighted by Crippen LogP contribution is 2.27. The van der Waals surface area contributed by atoms with Crippen LogP contribution in [0.15, 0.2) is 23.1 Å². The quantitative estimate of drug-likeness (QED) is 0.824. The lowest BCUT2D eigenvalue weighted by Gasteiger charge is -2.32. The van der Waals surface area contributed by atoms with E-state index in [9.17, 15) is 13.2 Å². The molecule has 1 aromatic heterocycles. The SMILES string of the molecule is O=c1cccnn1C1CCC(NS(=O)(=O)N2CCOCC2)CC1. The van der Waals surface area contributed by atoms with Crippen molar-refractivity contribution in [3.8, 4) is 0 Å². The highest BCUT2D eigenvalue weighted by atomic mass is 32.2. The molecule has 9 heteroatoms. The summed E-state index contributed by atoms with van der Waals surface area (Å²) in [6.07, 6.45) is 4.50. The van der Waals surface area contributed by atoms with Gasteiger partial charge in [-0.1, -0.05) is 0 Å². The maximum Gasteiger partial charge on any atom is 0.279 e. The first-order valence-electron chi connectivity index (χ1n) is 7.95. The van der Waals surface area contributed by atoms with Crippen molar-refractivity contribution in [1.29, 1.82) is 0 Å². The number of hydrogen-bond donors (Lipinski definition) is 1. The molecule has 3 rings (SSSR count). The minimum absolute atomic E-state index is 0.0489. The first-order valence-corrected chi connectivity index (χ1v) is 9.39. The van der Waals surface area contributed by atoms with Crippen LogP contribution in [-0.4, -0.2) is 54.8 Å². The Bertz CT molecular complexity index is 676. The van der Waals surface area contributed by atoms with Gasteiger partial charge in [0, 0.05) is 31.4 Å². The second-order valence-electron chi connectivity index (χ2n) is 5.95. The lowest BCUT2D eigenvalue weighted by atomic mass is 9.92. The van der Waals surface area contributed by atoms with Gasteiger partial charge in [-0.2, -0.15) is 22.5 Å². The summed E-state index contributed by atoms with van der Waals surface area (Å²) in [5, 5.41) is 4.12. The molecular weight excluding hydrogens is 320 g/mol. The van der Waals surface area contributed by atoms with Crippen LogP contribution < -0.4 is 10.3 Å². The van der Waals surface area contributed by atoms with Crippen LogP contribution in [0.1, 0.15) is 31.7 Å². The summed E-state index contributed by atoms with van der Waals surface area (Å²) in [6, 6.07) is 3.09. The van der Waals surface area contributed by atoms with Crippen LogP contribution in [0.3, 0.4) is 0 Å². The van der Waals surface area contributed by atoms with Crippen molar-refractivity contribution in [2.75, 3.05) is 26.3 Å². The van der Waals surface area contributed by atoms with E-state index in [2.05, 4.69) is 9.82 Å². The summed E-state index contributed by atoms with van der Waals surface area (Å²) in [5.74, 6) is 0. The Morgan fingerprint density at radius 3 is 2.52 bits per heavy atom. The second-order valence-corrected chi connectivity index (χ2v) is 7.65. The van der Waals surface area contributed by atoms with Gasteiger partial charge in [-0.05, 0) is 31.7 Å². The fourth-order valence-corrected chi connectivity index (χ4v) is 4.59. The van der Waals surface area contributed by atoms with E-state index in [0.29, 0.717) is 39.1 Å². The first kappa shape index (κ1) is 16.6. The molecule has 23 heavy (non-hydrogen) atoms. The zero-order valence-electron chi connectivity index (χ0n) is 12.9. The Morgan fingerprint density at radius 1 is 1.17 bits per heavy atom. The van der Waals surface area contributed by atoms with E-state index in [1.54, 1.807) is 12.3 Å². The molecule has 0 bridgehead atoms. The number of ether oxygens (including phenoxy) is 1. The predicted octanol–water partition coefficient (Wildman–Crippen LogP) is -0.106. The minimum atomic E-state index is -3.45. The zero-order valence-corrected chi connectivity index (χ0v) is 13.7. The summed E-state index contributed by atoms with van der Waals surface area (Å²) in [5.41, 5.74) is -0.107. The molecule has 1 saturated heterocycles. The number of morpholine rings is 1. The van der Waals surface area contributed by atoms with Crippen molar-refractivity contribution in [3.05, 3.63) is 28.7 Å². The molecule has 2 fully saturated rings.